The molecule has 1 unspecified atom stereocenters. The van der Waals surface area contributed by atoms with Crippen molar-refractivity contribution in [2.24, 2.45) is 5.41 Å². The molecule has 82 valence electrons. The number of hydrogen-bond donors (Lipinski definition) is 0. The smallest absolute Gasteiger partial charge is 0.0144 e. The van der Waals surface area contributed by atoms with Gasteiger partial charge in [0.25, 0.3) is 0 Å². The van der Waals surface area contributed by atoms with E-state index in [2.05, 4.69) is 26.8 Å². The van der Waals surface area contributed by atoms with Gasteiger partial charge in [-0.1, -0.05) is 51.7 Å². The first kappa shape index (κ1) is 11.8. The first-order valence-corrected chi connectivity index (χ1v) is 6.41. The standard InChI is InChI=1S/C14H26/c1-4-6-11-14(3,10-5-2)12-13-8-7-9-13/h12H,4-11H2,1-3H3. The van der Waals surface area contributed by atoms with Gasteiger partial charge in [-0.2, -0.15) is 0 Å². The van der Waals surface area contributed by atoms with Crippen LogP contribution >= 0.6 is 0 Å². The van der Waals surface area contributed by atoms with Crippen LogP contribution in [0.2, 0.25) is 0 Å². The summed E-state index contributed by atoms with van der Waals surface area (Å²) in [7, 11) is 0. The minimum absolute atomic E-state index is 0.514. The van der Waals surface area contributed by atoms with E-state index in [1.807, 2.05) is 0 Å². The molecule has 0 nitrogen and oxygen atoms in total. The van der Waals surface area contributed by atoms with E-state index in [4.69, 9.17) is 0 Å². The molecule has 0 bridgehead atoms. The van der Waals surface area contributed by atoms with Gasteiger partial charge in [-0.3, -0.25) is 0 Å². The van der Waals surface area contributed by atoms with Crippen molar-refractivity contribution in [1.29, 1.82) is 0 Å². The molecular weight excluding hydrogens is 168 g/mol. The number of unbranched alkanes of at least 4 members (excludes halogenated alkanes) is 1. The minimum atomic E-state index is 0.514. The highest BCUT2D eigenvalue weighted by atomic mass is 14.3. The quantitative estimate of drug-likeness (QED) is 0.516. The van der Waals surface area contributed by atoms with E-state index in [0.29, 0.717) is 5.41 Å². The van der Waals surface area contributed by atoms with Crippen LogP contribution in [0, 0.1) is 5.41 Å². The molecule has 1 aliphatic rings. The van der Waals surface area contributed by atoms with Crippen molar-refractivity contribution in [3.8, 4) is 0 Å². The van der Waals surface area contributed by atoms with Crippen LogP contribution in [0.25, 0.3) is 0 Å². The Balaban J connectivity index is 2.50. The molecule has 0 aromatic heterocycles. The van der Waals surface area contributed by atoms with E-state index in [1.54, 1.807) is 5.57 Å². The summed E-state index contributed by atoms with van der Waals surface area (Å²) in [6.07, 6.45) is 13.6. The van der Waals surface area contributed by atoms with Crippen LogP contribution in [0.4, 0.5) is 0 Å². The van der Waals surface area contributed by atoms with Gasteiger partial charge in [0.15, 0.2) is 0 Å². The third kappa shape index (κ3) is 3.48. The van der Waals surface area contributed by atoms with Gasteiger partial charge >= 0.3 is 0 Å². The summed E-state index contributed by atoms with van der Waals surface area (Å²) >= 11 is 0. The highest BCUT2D eigenvalue weighted by Gasteiger charge is 2.22. The zero-order chi connectivity index (χ0) is 10.4. The third-order valence-electron chi connectivity index (χ3n) is 3.47. The molecule has 0 spiro atoms. The zero-order valence-corrected chi connectivity index (χ0v) is 10.2. The van der Waals surface area contributed by atoms with Crippen LogP contribution in [-0.4, -0.2) is 0 Å². The van der Waals surface area contributed by atoms with Gasteiger partial charge in [-0.15, -0.1) is 0 Å². The van der Waals surface area contributed by atoms with E-state index in [9.17, 15) is 0 Å². The molecule has 1 fully saturated rings. The predicted octanol–water partition coefficient (Wildman–Crippen LogP) is 5.09. The maximum absolute atomic E-state index is 2.61. The van der Waals surface area contributed by atoms with Gasteiger partial charge in [0.1, 0.15) is 0 Å². The molecule has 14 heavy (non-hydrogen) atoms. The highest BCUT2D eigenvalue weighted by Crippen LogP contribution is 2.37. The van der Waals surface area contributed by atoms with Gasteiger partial charge in [-0.05, 0) is 37.5 Å². The zero-order valence-electron chi connectivity index (χ0n) is 10.2. The largest absolute Gasteiger partial charge is 0.0794 e. The van der Waals surface area contributed by atoms with Gasteiger partial charge in [0, 0.05) is 0 Å². The minimum Gasteiger partial charge on any atom is -0.0794 e. The lowest BCUT2D eigenvalue weighted by Crippen LogP contribution is -2.15. The Hall–Kier alpha value is -0.260. The number of allylic oxidation sites excluding steroid dienone is 2. The lowest BCUT2D eigenvalue weighted by Gasteiger charge is -2.29. The fraction of sp³-hybridized carbons (Fsp3) is 0.857. The second-order valence-electron chi connectivity index (χ2n) is 5.16. The second kappa shape index (κ2) is 5.58. The summed E-state index contributed by atoms with van der Waals surface area (Å²) in [6, 6.07) is 0. The molecule has 0 N–H and O–H groups in total. The second-order valence-corrected chi connectivity index (χ2v) is 5.16. The first-order valence-electron chi connectivity index (χ1n) is 6.41. The summed E-state index contributed by atoms with van der Waals surface area (Å²) in [5.74, 6) is 0. The Bertz CT molecular complexity index is 184. The fourth-order valence-electron chi connectivity index (χ4n) is 2.44. The average molecular weight is 194 g/mol. The molecule has 0 heterocycles. The van der Waals surface area contributed by atoms with Crippen LogP contribution in [0.1, 0.15) is 72.1 Å². The molecule has 0 heteroatoms. The van der Waals surface area contributed by atoms with Crippen molar-refractivity contribution in [3.05, 3.63) is 11.6 Å². The van der Waals surface area contributed by atoms with E-state index in [0.717, 1.165) is 0 Å². The van der Waals surface area contributed by atoms with Crippen LogP contribution in [-0.2, 0) is 0 Å². The Morgan fingerprint density at radius 3 is 2.29 bits per heavy atom. The van der Waals surface area contributed by atoms with Crippen molar-refractivity contribution in [3.63, 3.8) is 0 Å². The van der Waals surface area contributed by atoms with E-state index in [-0.39, 0.29) is 0 Å². The van der Waals surface area contributed by atoms with Gasteiger partial charge < -0.3 is 0 Å². The monoisotopic (exact) mass is 194 g/mol. The fourth-order valence-corrected chi connectivity index (χ4v) is 2.44. The summed E-state index contributed by atoms with van der Waals surface area (Å²) in [6.45, 7) is 7.06. The van der Waals surface area contributed by atoms with Crippen molar-refractivity contribution in [1.82, 2.24) is 0 Å². The molecule has 0 aromatic rings. The van der Waals surface area contributed by atoms with Gasteiger partial charge in [0.05, 0.1) is 0 Å². The summed E-state index contributed by atoms with van der Waals surface area (Å²) in [5.41, 5.74) is 2.25. The normalized spacial score (nSPS) is 20.1. The Labute approximate surface area is 89.8 Å². The molecule has 1 aliphatic carbocycles. The maximum atomic E-state index is 2.61. The van der Waals surface area contributed by atoms with Gasteiger partial charge in [0.2, 0.25) is 0 Å². The van der Waals surface area contributed by atoms with Crippen LogP contribution in [0.15, 0.2) is 11.6 Å². The molecule has 0 radical (unpaired) electrons. The lowest BCUT2D eigenvalue weighted by molar-refractivity contribution is 0.338. The Morgan fingerprint density at radius 1 is 1.14 bits per heavy atom. The lowest BCUT2D eigenvalue weighted by atomic mass is 9.76. The van der Waals surface area contributed by atoms with Crippen molar-refractivity contribution < 1.29 is 0 Å². The SMILES string of the molecule is CCCCC(C)(C=C1CCC1)CCC. The molecule has 0 amide bonds. The highest BCUT2D eigenvalue weighted by molar-refractivity contribution is 5.14. The van der Waals surface area contributed by atoms with Crippen molar-refractivity contribution >= 4 is 0 Å². The van der Waals surface area contributed by atoms with Crippen LogP contribution in [0.5, 0.6) is 0 Å². The topological polar surface area (TPSA) is 0 Å². The summed E-state index contributed by atoms with van der Waals surface area (Å²) in [5, 5.41) is 0. The summed E-state index contributed by atoms with van der Waals surface area (Å²) in [4.78, 5) is 0. The van der Waals surface area contributed by atoms with Crippen molar-refractivity contribution in [2.75, 3.05) is 0 Å². The molecule has 0 aliphatic heterocycles. The summed E-state index contributed by atoms with van der Waals surface area (Å²) < 4.78 is 0. The maximum Gasteiger partial charge on any atom is -0.0144 e. The molecule has 0 aromatic carbocycles. The van der Waals surface area contributed by atoms with Crippen molar-refractivity contribution in [2.45, 2.75) is 72.1 Å². The number of rotatable bonds is 6. The Kier molecular flexibility index (Phi) is 4.71. The van der Waals surface area contributed by atoms with Gasteiger partial charge in [-0.25, -0.2) is 0 Å². The first-order chi connectivity index (χ1) is 6.70. The predicted molar refractivity (Wildman–Crippen MR) is 64.5 cm³/mol. The van der Waals surface area contributed by atoms with E-state index < -0.39 is 0 Å². The van der Waals surface area contributed by atoms with Crippen LogP contribution < -0.4 is 0 Å². The molecule has 1 rings (SSSR count). The van der Waals surface area contributed by atoms with E-state index in [1.165, 1.54) is 51.4 Å². The molecule has 1 atom stereocenters. The molecular formula is C14H26. The third-order valence-corrected chi connectivity index (χ3v) is 3.47. The molecule has 0 saturated heterocycles. The molecule has 1 saturated carbocycles. The average Bonchev–Trinajstić information content (AvgIpc) is 2.09. The van der Waals surface area contributed by atoms with E-state index >= 15 is 0 Å². The number of hydrogen-bond acceptors (Lipinski definition) is 0. The van der Waals surface area contributed by atoms with Crippen LogP contribution in [0.3, 0.4) is 0 Å². The Morgan fingerprint density at radius 2 is 1.86 bits per heavy atom.